The van der Waals surface area contributed by atoms with Crippen molar-refractivity contribution in [1.29, 1.82) is 0 Å². The van der Waals surface area contributed by atoms with Crippen LogP contribution in [-0.2, 0) is 14.8 Å². The van der Waals surface area contributed by atoms with Gasteiger partial charge in [0.2, 0.25) is 15.9 Å². The van der Waals surface area contributed by atoms with E-state index in [1.165, 1.54) is 0 Å². The lowest BCUT2D eigenvalue weighted by Crippen LogP contribution is -2.38. The fraction of sp³-hybridized carbons (Fsp3) is 0.381. The van der Waals surface area contributed by atoms with Crippen LogP contribution in [0.4, 0.5) is 11.4 Å². The van der Waals surface area contributed by atoms with Gasteiger partial charge < -0.3 is 10.1 Å². The maximum atomic E-state index is 12.6. The first-order valence-electron chi connectivity index (χ1n) is 9.21. The summed E-state index contributed by atoms with van der Waals surface area (Å²) >= 11 is 0. The second-order valence-corrected chi connectivity index (χ2v) is 9.13. The standard InChI is InChI=1S/C21H28N2O4S/c1-15(2)19-11-6-7-12-20(19)23(28(5,25)26)14-21(24)22-17-9-8-10-18(13-17)27-16(3)4/h6-13,15-16H,14H2,1-5H3,(H,22,24). The van der Waals surface area contributed by atoms with Gasteiger partial charge in [0.05, 0.1) is 18.0 Å². The molecule has 7 heteroatoms. The number of rotatable bonds is 8. The van der Waals surface area contributed by atoms with E-state index in [1.54, 1.807) is 36.4 Å². The lowest BCUT2D eigenvalue weighted by Gasteiger charge is -2.25. The van der Waals surface area contributed by atoms with Gasteiger partial charge in [0, 0.05) is 11.8 Å². The number of carbonyl (C=O) groups is 1. The van der Waals surface area contributed by atoms with Crippen LogP contribution < -0.4 is 14.4 Å². The van der Waals surface area contributed by atoms with Crippen LogP contribution in [0.1, 0.15) is 39.2 Å². The summed E-state index contributed by atoms with van der Waals surface area (Å²) in [6.45, 7) is 7.50. The Labute approximate surface area is 167 Å². The van der Waals surface area contributed by atoms with Crippen LogP contribution in [0.15, 0.2) is 48.5 Å². The third kappa shape index (κ3) is 5.99. The Hall–Kier alpha value is -2.54. The van der Waals surface area contributed by atoms with Gasteiger partial charge in [0.1, 0.15) is 12.3 Å². The smallest absolute Gasteiger partial charge is 0.245 e. The van der Waals surface area contributed by atoms with E-state index in [2.05, 4.69) is 5.32 Å². The van der Waals surface area contributed by atoms with Gasteiger partial charge >= 0.3 is 0 Å². The monoisotopic (exact) mass is 404 g/mol. The third-order valence-corrected chi connectivity index (χ3v) is 5.13. The van der Waals surface area contributed by atoms with E-state index in [9.17, 15) is 13.2 Å². The van der Waals surface area contributed by atoms with Gasteiger partial charge in [-0.3, -0.25) is 9.10 Å². The van der Waals surface area contributed by atoms with E-state index < -0.39 is 15.9 Å². The Balaban J connectivity index is 2.24. The SMILES string of the molecule is CC(C)Oc1cccc(NC(=O)CN(c2ccccc2C(C)C)S(C)(=O)=O)c1. The average Bonchev–Trinajstić information content (AvgIpc) is 2.58. The van der Waals surface area contributed by atoms with Gasteiger partial charge in [-0.1, -0.05) is 38.1 Å². The van der Waals surface area contributed by atoms with Crippen LogP contribution in [0.25, 0.3) is 0 Å². The molecule has 0 unspecified atom stereocenters. The van der Waals surface area contributed by atoms with Crippen LogP contribution in [0.2, 0.25) is 0 Å². The molecule has 0 saturated heterocycles. The predicted octanol–water partition coefficient (Wildman–Crippen LogP) is 4.00. The van der Waals surface area contributed by atoms with E-state index in [1.807, 2.05) is 39.8 Å². The van der Waals surface area contributed by atoms with E-state index in [-0.39, 0.29) is 18.6 Å². The van der Waals surface area contributed by atoms with Crippen molar-refractivity contribution in [3.05, 3.63) is 54.1 Å². The Bertz CT molecular complexity index is 924. The number of para-hydroxylation sites is 1. The number of amides is 1. The summed E-state index contributed by atoms with van der Waals surface area (Å²) < 4.78 is 31.6. The van der Waals surface area contributed by atoms with Crippen molar-refractivity contribution >= 4 is 27.3 Å². The quantitative estimate of drug-likeness (QED) is 0.721. The normalized spacial score (nSPS) is 11.5. The summed E-state index contributed by atoms with van der Waals surface area (Å²) in [7, 11) is -3.64. The number of anilines is 2. The molecule has 0 aliphatic carbocycles. The molecule has 0 atom stereocenters. The van der Waals surface area contributed by atoms with Crippen molar-refractivity contribution in [2.75, 3.05) is 22.4 Å². The first kappa shape index (κ1) is 21.8. The highest BCUT2D eigenvalue weighted by Crippen LogP contribution is 2.29. The highest BCUT2D eigenvalue weighted by molar-refractivity contribution is 7.92. The summed E-state index contributed by atoms with van der Waals surface area (Å²) in [5, 5.41) is 2.75. The highest BCUT2D eigenvalue weighted by atomic mass is 32.2. The molecule has 2 rings (SSSR count). The molecule has 2 aromatic rings. The fourth-order valence-corrected chi connectivity index (χ4v) is 3.71. The second kappa shape index (κ2) is 9.10. The number of nitrogens with one attached hydrogen (secondary N) is 1. The molecule has 0 aliphatic heterocycles. The van der Waals surface area contributed by atoms with Crippen LogP contribution >= 0.6 is 0 Å². The highest BCUT2D eigenvalue weighted by Gasteiger charge is 2.24. The van der Waals surface area contributed by atoms with Crippen molar-refractivity contribution in [3.63, 3.8) is 0 Å². The third-order valence-electron chi connectivity index (χ3n) is 4.00. The zero-order chi connectivity index (χ0) is 20.9. The lowest BCUT2D eigenvalue weighted by molar-refractivity contribution is -0.114. The van der Waals surface area contributed by atoms with Gasteiger partial charge in [0.15, 0.2) is 0 Å². The number of nitrogens with zero attached hydrogens (tertiary/aromatic N) is 1. The van der Waals surface area contributed by atoms with Gasteiger partial charge in [-0.25, -0.2) is 8.42 Å². The molecule has 2 aromatic carbocycles. The molecule has 0 spiro atoms. The number of sulfonamides is 1. The molecule has 1 N–H and O–H groups in total. The summed E-state index contributed by atoms with van der Waals surface area (Å²) in [6, 6.07) is 14.3. The molecule has 0 bridgehead atoms. The maximum Gasteiger partial charge on any atom is 0.245 e. The van der Waals surface area contributed by atoms with Crippen LogP contribution in [-0.4, -0.2) is 33.2 Å². The number of hydrogen-bond donors (Lipinski definition) is 1. The minimum absolute atomic E-state index is 0.0132. The molecule has 1 amide bonds. The van der Waals surface area contributed by atoms with Gasteiger partial charge in [0.25, 0.3) is 0 Å². The summed E-state index contributed by atoms with van der Waals surface area (Å²) in [4.78, 5) is 12.6. The second-order valence-electron chi connectivity index (χ2n) is 7.23. The lowest BCUT2D eigenvalue weighted by atomic mass is 10.0. The summed E-state index contributed by atoms with van der Waals surface area (Å²) in [5.74, 6) is 0.331. The molecule has 0 saturated carbocycles. The van der Waals surface area contributed by atoms with Crippen LogP contribution in [0, 0.1) is 0 Å². The van der Waals surface area contributed by atoms with Crippen LogP contribution in [0.5, 0.6) is 5.75 Å². The molecular formula is C21H28N2O4S. The Morgan fingerprint density at radius 2 is 1.75 bits per heavy atom. The number of ether oxygens (including phenoxy) is 1. The maximum absolute atomic E-state index is 12.6. The van der Waals surface area contributed by atoms with Crippen molar-refractivity contribution in [2.45, 2.75) is 39.7 Å². The van der Waals surface area contributed by atoms with Crippen molar-refractivity contribution in [2.24, 2.45) is 0 Å². The van der Waals surface area contributed by atoms with E-state index in [4.69, 9.17) is 4.74 Å². The van der Waals surface area contributed by atoms with Crippen LogP contribution in [0.3, 0.4) is 0 Å². The van der Waals surface area contributed by atoms with Crippen molar-refractivity contribution < 1.29 is 17.9 Å². The number of benzene rings is 2. The molecule has 0 fully saturated rings. The van der Waals surface area contributed by atoms with Crippen molar-refractivity contribution in [1.82, 2.24) is 0 Å². The summed E-state index contributed by atoms with van der Waals surface area (Å²) in [5.41, 5.74) is 1.94. The zero-order valence-corrected chi connectivity index (χ0v) is 17.8. The molecule has 0 heterocycles. The van der Waals surface area contributed by atoms with Gasteiger partial charge in [-0.2, -0.15) is 0 Å². The first-order valence-corrected chi connectivity index (χ1v) is 11.1. The number of carbonyl (C=O) groups excluding carboxylic acids is 1. The largest absolute Gasteiger partial charge is 0.491 e. The Kier molecular flexibility index (Phi) is 7.07. The molecule has 6 nitrogen and oxygen atoms in total. The average molecular weight is 405 g/mol. The fourth-order valence-electron chi connectivity index (χ4n) is 2.83. The minimum atomic E-state index is -3.64. The van der Waals surface area contributed by atoms with Crippen molar-refractivity contribution in [3.8, 4) is 5.75 Å². The molecular weight excluding hydrogens is 376 g/mol. The summed E-state index contributed by atoms with van der Waals surface area (Å²) in [6.07, 6.45) is 1.12. The predicted molar refractivity (Wildman–Crippen MR) is 114 cm³/mol. The first-order chi connectivity index (χ1) is 13.1. The molecule has 0 aromatic heterocycles. The minimum Gasteiger partial charge on any atom is -0.491 e. The van der Waals surface area contributed by atoms with Gasteiger partial charge in [-0.15, -0.1) is 0 Å². The zero-order valence-electron chi connectivity index (χ0n) is 17.0. The van der Waals surface area contributed by atoms with E-state index in [0.717, 1.165) is 16.1 Å². The molecule has 0 aliphatic rings. The topological polar surface area (TPSA) is 75.7 Å². The van der Waals surface area contributed by atoms with Gasteiger partial charge in [-0.05, 0) is 43.5 Å². The van der Waals surface area contributed by atoms with E-state index >= 15 is 0 Å². The molecule has 0 radical (unpaired) electrons. The molecule has 28 heavy (non-hydrogen) atoms. The Morgan fingerprint density at radius 3 is 2.36 bits per heavy atom. The number of hydrogen-bond acceptors (Lipinski definition) is 4. The van der Waals surface area contributed by atoms with E-state index in [0.29, 0.717) is 17.1 Å². The Morgan fingerprint density at radius 1 is 1.07 bits per heavy atom. The molecule has 152 valence electrons.